The average Bonchev–Trinajstić information content (AvgIpc) is 3.03. The molecule has 0 saturated carbocycles. The average molecular weight is 365 g/mol. The number of carbonyl (C=O) groups is 2. The van der Waals surface area contributed by atoms with Crippen molar-refractivity contribution in [3.63, 3.8) is 0 Å². The number of amides is 1. The van der Waals surface area contributed by atoms with Gasteiger partial charge >= 0.3 is 5.97 Å². The molecule has 0 fully saturated rings. The first-order valence-corrected chi connectivity index (χ1v) is 7.31. The molecule has 128 valence electrons. The summed E-state index contributed by atoms with van der Waals surface area (Å²) in [6, 6.07) is 5.13. The molecule has 0 aliphatic heterocycles. The Bertz CT molecular complexity index is 1060. The summed E-state index contributed by atoms with van der Waals surface area (Å²) in [6.07, 6.45) is 1.25. The summed E-state index contributed by atoms with van der Waals surface area (Å²) in [6.45, 7) is -0.640. The lowest BCUT2D eigenvalue weighted by Gasteiger charge is -2.09. The molecular formula is C15H10ClFN4O4. The van der Waals surface area contributed by atoms with Crippen molar-refractivity contribution in [1.82, 2.24) is 19.9 Å². The van der Waals surface area contributed by atoms with E-state index in [4.69, 9.17) is 16.7 Å². The maximum absolute atomic E-state index is 13.7. The number of hydrogen-bond acceptors (Lipinski definition) is 4. The second kappa shape index (κ2) is 6.36. The van der Waals surface area contributed by atoms with Gasteiger partial charge in [0.25, 0.3) is 5.91 Å². The zero-order valence-corrected chi connectivity index (χ0v) is 13.2. The highest BCUT2D eigenvalue weighted by molar-refractivity contribution is 6.30. The summed E-state index contributed by atoms with van der Waals surface area (Å²) < 4.78 is 15.0. The Labute approximate surface area is 143 Å². The first kappa shape index (κ1) is 16.7. The molecule has 3 rings (SSSR count). The lowest BCUT2D eigenvalue weighted by atomic mass is 10.1. The number of nitrogens with zero attached hydrogens (tertiary/aromatic N) is 2. The van der Waals surface area contributed by atoms with E-state index in [0.717, 1.165) is 12.1 Å². The van der Waals surface area contributed by atoms with E-state index in [0.29, 0.717) is 5.56 Å². The topological polar surface area (TPSA) is 117 Å². The summed E-state index contributed by atoms with van der Waals surface area (Å²) in [4.78, 5) is 39.0. The Morgan fingerprint density at radius 3 is 2.80 bits per heavy atom. The number of aromatic nitrogens is 3. The molecule has 0 aliphatic carbocycles. The number of carboxylic acid groups (broad SMARTS) is 1. The van der Waals surface area contributed by atoms with E-state index in [1.165, 1.54) is 23.0 Å². The quantitative estimate of drug-likeness (QED) is 0.645. The molecule has 0 aliphatic rings. The van der Waals surface area contributed by atoms with Crippen molar-refractivity contribution >= 4 is 29.1 Å². The van der Waals surface area contributed by atoms with Gasteiger partial charge in [-0.25, -0.2) is 13.9 Å². The normalized spacial score (nSPS) is 10.8. The number of rotatable bonds is 4. The molecule has 2 aromatic heterocycles. The number of benzene rings is 1. The molecule has 3 aromatic rings. The molecule has 0 atom stereocenters. The molecule has 10 heteroatoms. The lowest BCUT2D eigenvalue weighted by molar-refractivity contribution is -0.135. The minimum atomic E-state index is -1.25. The van der Waals surface area contributed by atoms with Crippen molar-refractivity contribution in [3.05, 3.63) is 57.2 Å². The van der Waals surface area contributed by atoms with Gasteiger partial charge in [0.2, 0.25) is 0 Å². The highest BCUT2D eigenvalue weighted by atomic mass is 35.5. The highest BCUT2D eigenvalue weighted by Gasteiger charge is 2.20. The summed E-state index contributed by atoms with van der Waals surface area (Å²) in [5, 5.41) is 13.4. The van der Waals surface area contributed by atoms with Crippen molar-refractivity contribution in [2.75, 3.05) is 6.54 Å². The van der Waals surface area contributed by atoms with E-state index in [1.807, 2.05) is 0 Å². The molecule has 0 saturated heterocycles. The van der Waals surface area contributed by atoms with Crippen LogP contribution < -0.4 is 10.7 Å². The molecule has 1 aromatic carbocycles. The standard InChI is InChI=1S/C15H10ClFN4O4/c16-8-2-1-7(3-9(8)17)10-4-11(22)13(14-19-6-20-21(10)14)15(25)18-5-12(23)24/h1-4,6H,5H2,(H,18,25)(H,19,20)(H,23,24). The minimum Gasteiger partial charge on any atom is -0.480 e. The predicted molar refractivity (Wildman–Crippen MR) is 86.2 cm³/mol. The number of H-pyrrole nitrogens is 1. The van der Waals surface area contributed by atoms with Gasteiger partial charge in [-0.05, 0) is 12.1 Å². The fraction of sp³-hybridized carbons (Fsp3) is 0.0667. The molecule has 2 heterocycles. The summed E-state index contributed by atoms with van der Waals surface area (Å²) in [5.41, 5.74) is -0.402. The summed E-state index contributed by atoms with van der Waals surface area (Å²) in [7, 11) is 0. The van der Waals surface area contributed by atoms with Gasteiger partial charge in [-0.2, -0.15) is 0 Å². The monoisotopic (exact) mass is 364 g/mol. The molecule has 8 nitrogen and oxygen atoms in total. The number of nitrogens with one attached hydrogen (secondary N) is 2. The smallest absolute Gasteiger partial charge is 0.322 e. The lowest BCUT2D eigenvalue weighted by Crippen LogP contribution is -2.33. The maximum atomic E-state index is 13.7. The Morgan fingerprint density at radius 1 is 1.36 bits per heavy atom. The molecule has 0 radical (unpaired) electrons. The minimum absolute atomic E-state index is 0.0132. The van der Waals surface area contributed by atoms with E-state index in [-0.39, 0.29) is 21.9 Å². The van der Waals surface area contributed by atoms with Crippen LogP contribution in [-0.2, 0) is 4.79 Å². The first-order chi connectivity index (χ1) is 11.9. The second-order valence-corrected chi connectivity index (χ2v) is 5.43. The number of halogens is 2. The molecule has 1 amide bonds. The van der Waals surface area contributed by atoms with Crippen LogP contribution >= 0.6 is 11.6 Å². The molecule has 0 spiro atoms. The van der Waals surface area contributed by atoms with Crippen molar-refractivity contribution in [2.24, 2.45) is 0 Å². The largest absolute Gasteiger partial charge is 0.480 e. The highest BCUT2D eigenvalue weighted by Crippen LogP contribution is 2.24. The SMILES string of the molecule is O=C(O)CNC(=O)c1c(=O)cc(-c2ccc(Cl)c(F)c2)n2[nH]cnc12. The summed E-state index contributed by atoms with van der Waals surface area (Å²) >= 11 is 5.66. The van der Waals surface area contributed by atoms with Crippen molar-refractivity contribution in [3.8, 4) is 11.3 Å². The van der Waals surface area contributed by atoms with Crippen LogP contribution in [0.5, 0.6) is 0 Å². The number of carbonyl (C=O) groups excluding carboxylic acids is 1. The number of aliphatic carboxylic acids is 1. The Kier molecular flexibility index (Phi) is 4.24. The fourth-order valence-corrected chi connectivity index (χ4v) is 2.44. The van der Waals surface area contributed by atoms with E-state index in [1.54, 1.807) is 0 Å². The zero-order valence-electron chi connectivity index (χ0n) is 12.4. The van der Waals surface area contributed by atoms with E-state index >= 15 is 0 Å². The van der Waals surface area contributed by atoms with Crippen LogP contribution in [0.2, 0.25) is 5.02 Å². The van der Waals surface area contributed by atoms with Crippen LogP contribution in [0.15, 0.2) is 35.4 Å². The van der Waals surface area contributed by atoms with Gasteiger partial charge in [-0.15, -0.1) is 0 Å². The molecule has 3 N–H and O–H groups in total. The number of carboxylic acids is 1. The Morgan fingerprint density at radius 2 is 2.12 bits per heavy atom. The van der Waals surface area contributed by atoms with Gasteiger partial charge in [0, 0.05) is 11.6 Å². The van der Waals surface area contributed by atoms with Crippen LogP contribution in [0.25, 0.3) is 16.9 Å². The van der Waals surface area contributed by atoms with E-state index in [2.05, 4.69) is 15.4 Å². The molecular weight excluding hydrogens is 355 g/mol. The van der Waals surface area contributed by atoms with Gasteiger partial charge in [0.05, 0.1) is 10.7 Å². The molecule has 0 unspecified atom stereocenters. The van der Waals surface area contributed by atoms with Gasteiger partial charge in [-0.3, -0.25) is 19.5 Å². The van der Waals surface area contributed by atoms with Gasteiger partial charge in [0.1, 0.15) is 24.3 Å². The predicted octanol–water partition coefficient (Wildman–Crippen LogP) is 1.30. The van der Waals surface area contributed by atoms with Gasteiger partial charge < -0.3 is 10.4 Å². The Hall–Kier alpha value is -3.20. The first-order valence-electron chi connectivity index (χ1n) is 6.93. The van der Waals surface area contributed by atoms with Crippen LogP contribution in [0.4, 0.5) is 4.39 Å². The van der Waals surface area contributed by atoms with Crippen LogP contribution in [0.3, 0.4) is 0 Å². The Balaban J connectivity index is 2.15. The molecule has 25 heavy (non-hydrogen) atoms. The third-order valence-electron chi connectivity index (χ3n) is 3.41. The van der Waals surface area contributed by atoms with Gasteiger partial charge in [-0.1, -0.05) is 17.7 Å². The number of fused-ring (bicyclic) bond motifs is 1. The van der Waals surface area contributed by atoms with Crippen molar-refractivity contribution in [1.29, 1.82) is 0 Å². The van der Waals surface area contributed by atoms with Crippen LogP contribution in [0.1, 0.15) is 10.4 Å². The summed E-state index contributed by atoms with van der Waals surface area (Å²) in [5.74, 6) is -2.78. The number of hydrogen-bond donors (Lipinski definition) is 3. The fourth-order valence-electron chi connectivity index (χ4n) is 2.32. The van der Waals surface area contributed by atoms with E-state index in [9.17, 15) is 18.8 Å². The van der Waals surface area contributed by atoms with Crippen LogP contribution in [0, 0.1) is 5.82 Å². The van der Waals surface area contributed by atoms with Crippen LogP contribution in [-0.4, -0.2) is 38.1 Å². The number of aromatic amines is 1. The third-order valence-corrected chi connectivity index (χ3v) is 3.71. The zero-order chi connectivity index (χ0) is 18.1. The number of pyridine rings is 1. The third kappa shape index (κ3) is 3.09. The van der Waals surface area contributed by atoms with E-state index < -0.39 is 29.7 Å². The second-order valence-electron chi connectivity index (χ2n) is 5.02. The maximum Gasteiger partial charge on any atom is 0.322 e. The molecule has 0 bridgehead atoms. The van der Waals surface area contributed by atoms with Gasteiger partial charge in [0.15, 0.2) is 11.1 Å². The van der Waals surface area contributed by atoms with Crippen molar-refractivity contribution < 1.29 is 19.1 Å². The van der Waals surface area contributed by atoms with Crippen molar-refractivity contribution in [2.45, 2.75) is 0 Å².